The lowest BCUT2D eigenvalue weighted by molar-refractivity contribution is 0.637. The van der Waals surface area contributed by atoms with E-state index < -0.39 is 0 Å². The molecule has 49 heavy (non-hydrogen) atoms. The molecule has 236 valence electrons. The normalized spacial score (nSPS) is 24.1. The van der Waals surface area contributed by atoms with Gasteiger partial charge >= 0.3 is 0 Å². The van der Waals surface area contributed by atoms with Crippen LogP contribution in [0.4, 0.5) is 0 Å². The molecule has 9 rings (SSSR count). The highest BCUT2D eigenvalue weighted by Crippen LogP contribution is 2.52. The summed E-state index contributed by atoms with van der Waals surface area (Å²) >= 11 is 0. The Labute approximate surface area is 289 Å². The maximum atomic E-state index is 7.62. The summed E-state index contributed by atoms with van der Waals surface area (Å²) < 4.78 is 0. The first-order chi connectivity index (χ1) is 24.2. The largest absolute Gasteiger partial charge is 0.309 e. The molecule has 0 aromatic heterocycles. The fraction of sp³-hybridized carbons (Fsp3) is 0.146. The van der Waals surface area contributed by atoms with E-state index in [4.69, 9.17) is 5.41 Å². The summed E-state index contributed by atoms with van der Waals surface area (Å²) in [5.74, 6) is 1.77. The minimum Gasteiger partial charge on any atom is -0.309 e. The number of rotatable bonds is 4. The molecule has 0 amide bonds. The molecule has 0 saturated carbocycles. The summed E-state index contributed by atoms with van der Waals surface area (Å²) in [7, 11) is 0. The molecule has 4 aliphatic carbocycles. The lowest BCUT2D eigenvalue weighted by atomic mass is 9.66. The van der Waals surface area contributed by atoms with Crippen LogP contribution >= 0.6 is 0 Å². The standard InChI is InChI=1S/C48H39N/c1-31-36(22-11-27-49)37-14-2-3-15-38(37)45-25-23-34(29-47(31)45)32-12-10-13-33(28-32)35-24-26-46-43-20-7-6-18-41(43)39-16-4-5-17-40(39)42-19-8-9-21-44(42)48(46)30-35/h2-31,36,41-44,49H,1H3/b22-11-,49-27?. The van der Waals surface area contributed by atoms with Crippen molar-refractivity contribution in [3.05, 3.63) is 203 Å². The Hall–Kier alpha value is -5.53. The number of allylic oxidation sites excluding steroid dienone is 10. The smallest absolute Gasteiger partial charge is 0.0174 e. The molecule has 0 heterocycles. The van der Waals surface area contributed by atoms with Crippen LogP contribution in [0.2, 0.25) is 0 Å². The van der Waals surface area contributed by atoms with E-state index in [9.17, 15) is 0 Å². The molecule has 6 unspecified atom stereocenters. The van der Waals surface area contributed by atoms with Crippen LogP contribution in [0.25, 0.3) is 33.4 Å². The van der Waals surface area contributed by atoms with Crippen LogP contribution < -0.4 is 0 Å². The van der Waals surface area contributed by atoms with Crippen LogP contribution in [0.15, 0.2) is 170 Å². The van der Waals surface area contributed by atoms with E-state index in [1.807, 2.05) is 6.08 Å². The van der Waals surface area contributed by atoms with Gasteiger partial charge in [0, 0.05) is 35.8 Å². The highest BCUT2D eigenvalue weighted by molar-refractivity contribution is 5.81. The molecule has 0 radical (unpaired) electrons. The van der Waals surface area contributed by atoms with E-state index in [0.29, 0.717) is 23.7 Å². The Bertz CT molecular complexity index is 2260. The van der Waals surface area contributed by atoms with E-state index in [-0.39, 0.29) is 11.8 Å². The number of fused-ring (bicyclic) bond motifs is 11. The summed E-state index contributed by atoms with van der Waals surface area (Å²) in [6.45, 7) is 2.33. The second kappa shape index (κ2) is 12.2. The second-order valence-corrected chi connectivity index (χ2v) is 14.0. The Morgan fingerprint density at radius 1 is 0.449 bits per heavy atom. The summed E-state index contributed by atoms with van der Waals surface area (Å²) in [4.78, 5) is 0. The lowest BCUT2D eigenvalue weighted by Crippen LogP contribution is -2.22. The van der Waals surface area contributed by atoms with E-state index in [1.54, 1.807) is 0 Å². The summed E-state index contributed by atoms with van der Waals surface area (Å²) in [5.41, 5.74) is 16.1. The van der Waals surface area contributed by atoms with Gasteiger partial charge in [-0.3, -0.25) is 0 Å². The predicted octanol–water partition coefficient (Wildman–Crippen LogP) is 12.4. The zero-order valence-electron chi connectivity index (χ0n) is 27.7. The molecule has 6 atom stereocenters. The first kappa shape index (κ1) is 29.6. The minimum atomic E-state index is 0.240. The average molecular weight is 630 g/mol. The van der Waals surface area contributed by atoms with Crippen molar-refractivity contribution in [3.63, 3.8) is 0 Å². The lowest BCUT2D eigenvalue weighted by Gasteiger charge is -2.37. The van der Waals surface area contributed by atoms with Crippen molar-refractivity contribution in [3.8, 4) is 33.4 Å². The molecule has 5 aromatic rings. The van der Waals surface area contributed by atoms with Crippen molar-refractivity contribution in [1.82, 2.24) is 0 Å². The summed E-state index contributed by atoms with van der Waals surface area (Å²) in [6, 6.07) is 41.2. The quantitative estimate of drug-likeness (QED) is 0.191. The van der Waals surface area contributed by atoms with E-state index in [0.717, 1.165) is 0 Å². The van der Waals surface area contributed by atoms with Crippen molar-refractivity contribution >= 4 is 6.21 Å². The van der Waals surface area contributed by atoms with Crippen molar-refractivity contribution in [2.75, 3.05) is 0 Å². The van der Waals surface area contributed by atoms with Crippen LogP contribution in [-0.4, -0.2) is 6.21 Å². The molecule has 0 aliphatic heterocycles. The van der Waals surface area contributed by atoms with Crippen molar-refractivity contribution in [1.29, 1.82) is 5.41 Å². The molecule has 1 N–H and O–H groups in total. The molecule has 0 saturated heterocycles. The molecular weight excluding hydrogens is 591 g/mol. The molecule has 0 bridgehead atoms. The first-order valence-corrected chi connectivity index (χ1v) is 17.6. The number of hydrogen-bond donors (Lipinski definition) is 1. The highest BCUT2D eigenvalue weighted by Gasteiger charge is 2.35. The van der Waals surface area contributed by atoms with E-state index in [2.05, 4.69) is 171 Å². The number of nitrogens with one attached hydrogen (secondary N) is 1. The molecule has 4 aliphatic rings. The molecule has 0 fully saturated rings. The van der Waals surface area contributed by atoms with E-state index >= 15 is 0 Å². The van der Waals surface area contributed by atoms with Gasteiger partial charge in [0.15, 0.2) is 0 Å². The Morgan fingerprint density at radius 2 is 0.939 bits per heavy atom. The maximum Gasteiger partial charge on any atom is 0.0174 e. The van der Waals surface area contributed by atoms with Crippen LogP contribution in [0.1, 0.15) is 75.8 Å². The van der Waals surface area contributed by atoms with Gasteiger partial charge in [0.1, 0.15) is 0 Å². The monoisotopic (exact) mass is 629 g/mol. The summed E-state index contributed by atoms with van der Waals surface area (Å²) in [6.07, 6.45) is 24.0. The number of hydrogen-bond acceptors (Lipinski definition) is 1. The van der Waals surface area contributed by atoms with Gasteiger partial charge in [-0.25, -0.2) is 0 Å². The van der Waals surface area contributed by atoms with Crippen molar-refractivity contribution in [2.24, 2.45) is 0 Å². The van der Waals surface area contributed by atoms with Gasteiger partial charge in [0.25, 0.3) is 0 Å². The Kier molecular flexibility index (Phi) is 7.35. The summed E-state index contributed by atoms with van der Waals surface area (Å²) in [5, 5.41) is 7.62. The zero-order chi connectivity index (χ0) is 32.9. The third kappa shape index (κ3) is 4.96. The van der Waals surface area contributed by atoms with Crippen molar-refractivity contribution in [2.45, 2.75) is 42.4 Å². The fourth-order valence-corrected chi connectivity index (χ4v) is 9.05. The molecule has 1 heteroatoms. The third-order valence-electron chi connectivity index (χ3n) is 11.4. The van der Waals surface area contributed by atoms with Crippen molar-refractivity contribution < 1.29 is 0 Å². The zero-order valence-corrected chi connectivity index (χ0v) is 27.7. The maximum absolute atomic E-state index is 7.62. The number of benzene rings is 5. The van der Waals surface area contributed by atoms with Gasteiger partial charge in [0.05, 0.1) is 0 Å². The van der Waals surface area contributed by atoms with Gasteiger partial charge in [0.2, 0.25) is 0 Å². The predicted molar refractivity (Wildman–Crippen MR) is 206 cm³/mol. The fourth-order valence-electron chi connectivity index (χ4n) is 9.05. The average Bonchev–Trinajstić information content (AvgIpc) is 3.17. The van der Waals surface area contributed by atoms with Gasteiger partial charge in [-0.2, -0.15) is 0 Å². The van der Waals surface area contributed by atoms with Crippen LogP contribution in [0.3, 0.4) is 0 Å². The first-order valence-electron chi connectivity index (χ1n) is 17.6. The third-order valence-corrected chi connectivity index (χ3v) is 11.4. The van der Waals surface area contributed by atoms with Crippen LogP contribution in [0, 0.1) is 5.41 Å². The molecule has 0 spiro atoms. The van der Waals surface area contributed by atoms with Crippen LogP contribution in [-0.2, 0) is 0 Å². The van der Waals surface area contributed by atoms with E-state index in [1.165, 1.54) is 73.0 Å². The Morgan fingerprint density at radius 3 is 1.57 bits per heavy atom. The molecule has 5 aromatic carbocycles. The second-order valence-electron chi connectivity index (χ2n) is 14.0. The van der Waals surface area contributed by atoms with Gasteiger partial charge < -0.3 is 5.41 Å². The molecule has 1 nitrogen and oxygen atoms in total. The van der Waals surface area contributed by atoms with Gasteiger partial charge in [-0.15, -0.1) is 0 Å². The van der Waals surface area contributed by atoms with Crippen LogP contribution in [0.5, 0.6) is 0 Å². The molecular formula is C48H39N. The topological polar surface area (TPSA) is 23.9 Å². The SMILES string of the molecule is CC1c2cc(-c3cccc(-c4ccc5c(c4)C4C=CC=CC4c4ccccc4C4C=CC=CC54)c3)ccc2-c2ccccc2C1/C=C\C=N. The Balaban J connectivity index is 1.13. The van der Waals surface area contributed by atoms with Gasteiger partial charge in [-0.05, 0) is 84.8 Å². The van der Waals surface area contributed by atoms with Gasteiger partial charge in [-0.1, -0.05) is 165 Å². The highest BCUT2D eigenvalue weighted by atomic mass is 14.4. The minimum absolute atomic E-state index is 0.240.